The second-order valence-corrected chi connectivity index (χ2v) is 5.92. The van der Waals surface area contributed by atoms with Crippen molar-refractivity contribution in [2.75, 3.05) is 14.2 Å². The monoisotopic (exact) mass is 300 g/mol. The zero-order chi connectivity index (χ0) is 15.4. The van der Waals surface area contributed by atoms with Crippen molar-refractivity contribution in [2.24, 2.45) is 0 Å². The van der Waals surface area contributed by atoms with Crippen LogP contribution in [0.3, 0.4) is 0 Å². The van der Waals surface area contributed by atoms with E-state index in [9.17, 15) is 0 Å². The van der Waals surface area contributed by atoms with E-state index < -0.39 is 0 Å². The molecule has 0 spiro atoms. The number of ether oxygens (including phenoxy) is 2. The first-order valence-electron chi connectivity index (χ1n) is 8.07. The Balaban J connectivity index is 1.89. The van der Waals surface area contributed by atoms with Crippen LogP contribution in [0.25, 0.3) is 11.3 Å². The van der Waals surface area contributed by atoms with Crippen LogP contribution in [0, 0.1) is 0 Å². The van der Waals surface area contributed by atoms with Crippen molar-refractivity contribution in [3.05, 3.63) is 30.7 Å². The van der Waals surface area contributed by atoms with Gasteiger partial charge in [0.2, 0.25) is 0 Å². The molecule has 0 bridgehead atoms. The molecule has 1 saturated carbocycles. The zero-order valence-corrected chi connectivity index (χ0v) is 13.4. The molecule has 0 radical (unpaired) electrons. The van der Waals surface area contributed by atoms with E-state index in [0.29, 0.717) is 6.04 Å². The Kier molecular flexibility index (Phi) is 4.66. The van der Waals surface area contributed by atoms with Gasteiger partial charge in [-0.3, -0.25) is 0 Å². The highest BCUT2D eigenvalue weighted by Gasteiger charge is 2.16. The van der Waals surface area contributed by atoms with Gasteiger partial charge < -0.3 is 14.0 Å². The summed E-state index contributed by atoms with van der Waals surface area (Å²) >= 11 is 0. The van der Waals surface area contributed by atoms with E-state index in [1.165, 1.54) is 38.5 Å². The standard InChI is InChI=1S/C18H24N2O2/c1-21-15-9-10-18(22-2)16(11-15)17-12-20(13-19-17)14-7-5-3-4-6-8-14/h9-14H,3-8H2,1-2H3. The van der Waals surface area contributed by atoms with Gasteiger partial charge in [-0.25, -0.2) is 4.98 Å². The predicted octanol–water partition coefficient (Wildman–Crippen LogP) is 4.46. The predicted molar refractivity (Wildman–Crippen MR) is 87.5 cm³/mol. The van der Waals surface area contributed by atoms with Crippen LogP contribution in [0.15, 0.2) is 30.7 Å². The Labute approximate surface area is 132 Å². The van der Waals surface area contributed by atoms with Crippen LogP contribution < -0.4 is 9.47 Å². The van der Waals surface area contributed by atoms with E-state index in [1.807, 2.05) is 24.5 Å². The summed E-state index contributed by atoms with van der Waals surface area (Å²) in [6.07, 6.45) is 12.0. The Morgan fingerprint density at radius 1 is 1.05 bits per heavy atom. The van der Waals surface area contributed by atoms with Gasteiger partial charge in [0.05, 0.1) is 26.2 Å². The highest BCUT2D eigenvalue weighted by molar-refractivity contribution is 5.68. The Morgan fingerprint density at radius 3 is 2.50 bits per heavy atom. The maximum absolute atomic E-state index is 5.47. The topological polar surface area (TPSA) is 36.3 Å². The fourth-order valence-electron chi connectivity index (χ4n) is 3.25. The zero-order valence-electron chi connectivity index (χ0n) is 13.4. The molecular formula is C18H24N2O2. The van der Waals surface area contributed by atoms with Crippen LogP contribution in [0.5, 0.6) is 11.5 Å². The summed E-state index contributed by atoms with van der Waals surface area (Å²) in [5, 5.41) is 0. The van der Waals surface area contributed by atoms with Crippen LogP contribution in [-0.2, 0) is 0 Å². The van der Waals surface area contributed by atoms with Gasteiger partial charge in [0.25, 0.3) is 0 Å². The molecule has 22 heavy (non-hydrogen) atoms. The largest absolute Gasteiger partial charge is 0.497 e. The Hall–Kier alpha value is -1.97. The number of hydrogen-bond donors (Lipinski definition) is 0. The van der Waals surface area contributed by atoms with Crippen molar-refractivity contribution in [2.45, 2.75) is 44.6 Å². The average molecular weight is 300 g/mol. The number of nitrogens with zero attached hydrogens (tertiary/aromatic N) is 2. The molecule has 2 aromatic rings. The lowest BCUT2D eigenvalue weighted by atomic mass is 10.1. The summed E-state index contributed by atoms with van der Waals surface area (Å²) in [6.45, 7) is 0. The van der Waals surface area contributed by atoms with Crippen LogP contribution in [0.1, 0.15) is 44.6 Å². The summed E-state index contributed by atoms with van der Waals surface area (Å²) in [4.78, 5) is 4.60. The molecule has 0 saturated heterocycles. The molecule has 4 nitrogen and oxygen atoms in total. The third-order valence-corrected chi connectivity index (χ3v) is 4.53. The quantitative estimate of drug-likeness (QED) is 0.782. The second-order valence-electron chi connectivity index (χ2n) is 5.92. The lowest BCUT2D eigenvalue weighted by Gasteiger charge is -2.15. The van der Waals surface area contributed by atoms with Crippen molar-refractivity contribution in [1.29, 1.82) is 0 Å². The third kappa shape index (κ3) is 3.11. The van der Waals surface area contributed by atoms with E-state index in [2.05, 4.69) is 15.7 Å². The van der Waals surface area contributed by atoms with Gasteiger partial charge in [-0.2, -0.15) is 0 Å². The van der Waals surface area contributed by atoms with Gasteiger partial charge in [0, 0.05) is 17.8 Å². The number of aromatic nitrogens is 2. The first kappa shape index (κ1) is 14.9. The number of benzene rings is 1. The molecule has 0 aliphatic heterocycles. The van der Waals surface area contributed by atoms with Crippen molar-refractivity contribution < 1.29 is 9.47 Å². The van der Waals surface area contributed by atoms with Gasteiger partial charge in [-0.15, -0.1) is 0 Å². The molecular weight excluding hydrogens is 276 g/mol. The molecule has 0 amide bonds. The summed E-state index contributed by atoms with van der Waals surface area (Å²) in [5.41, 5.74) is 1.93. The van der Waals surface area contributed by atoms with Crippen molar-refractivity contribution in [1.82, 2.24) is 9.55 Å². The minimum atomic E-state index is 0.584. The van der Waals surface area contributed by atoms with Crippen molar-refractivity contribution >= 4 is 0 Å². The lowest BCUT2D eigenvalue weighted by molar-refractivity contribution is 0.404. The number of rotatable bonds is 4. The SMILES string of the molecule is COc1ccc(OC)c(-c2cn(C3CCCCCC3)cn2)c1. The summed E-state index contributed by atoms with van der Waals surface area (Å²) < 4.78 is 13.1. The smallest absolute Gasteiger partial charge is 0.128 e. The molecule has 0 atom stereocenters. The fourth-order valence-corrected chi connectivity index (χ4v) is 3.25. The Morgan fingerprint density at radius 2 is 1.82 bits per heavy atom. The number of imidazole rings is 1. The molecule has 1 aliphatic carbocycles. The maximum atomic E-state index is 5.47. The van der Waals surface area contributed by atoms with E-state index >= 15 is 0 Å². The first-order chi connectivity index (χ1) is 10.8. The van der Waals surface area contributed by atoms with Crippen molar-refractivity contribution in [3.63, 3.8) is 0 Å². The average Bonchev–Trinajstić information content (AvgIpc) is 2.89. The fraction of sp³-hybridized carbons (Fsp3) is 0.500. The highest BCUT2D eigenvalue weighted by atomic mass is 16.5. The molecule has 0 unspecified atom stereocenters. The molecule has 1 aromatic heterocycles. The van der Waals surface area contributed by atoms with Crippen LogP contribution in [-0.4, -0.2) is 23.8 Å². The summed E-state index contributed by atoms with van der Waals surface area (Å²) in [7, 11) is 3.36. The molecule has 118 valence electrons. The summed E-state index contributed by atoms with van der Waals surface area (Å²) in [6, 6.07) is 6.41. The molecule has 0 N–H and O–H groups in total. The first-order valence-corrected chi connectivity index (χ1v) is 8.07. The minimum Gasteiger partial charge on any atom is -0.497 e. The molecule has 4 heteroatoms. The third-order valence-electron chi connectivity index (χ3n) is 4.53. The van der Waals surface area contributed by atoms with Gasteiger partial charge in [-0.05, 0) is 31.0 Å². The highest BCUT2D eigenvalue weighted by Crippen LogP contribution is 2.34. The molecule has 1 fully saturated rings. The lowest BCUT2D eigenvalue weighted by Crippen LogP contribution is -2.05. The van der Waals surface area contributed by atoms with Crippen LogP contribution in [0.4, 0.5) is 0 Å². The van der Waals surface area contributed by atoms with E-state index in [0.717, 1.165) is 22.8 Å². The maximum Gasteiger partial charge on any atom is 0.128 e. The van der Waals surface area contributed by atoms with Gasteiger partial charge >= 0.3 is 0 Å². The van der Waals surface area contributed by atoms with Crippen LogP contribution in [0.2, 0.25) is 0 Å². The molecule has 1 heterocycles. The number of hydrogen-bond acceptors (Lipinski definition) is 3. The number of methoxy groups -OCH3 is 2. The van der Waals surface area contributed by atoms with E-state index in [-0.39, 0.29) is 0 Å². The molecule has 1 aromatic carbocycles. The van der Waals surface area contributed by atoms with Gasteiger partial charge in [0.15, 0.2) is 0 Å². The second kappa shape index (κ2) is 6.86. The minimum absolute atomic E-state index is 0.584. The molecule has 1 aliphatic rings. The Bertz CT molecular complexity index is 613. The summed E-state index contributed by atoms with van der Waals surface area (Å²) in [5.74, 6) is 1.65. The normalized spacial score (nSPS) is 16.3. The van der Waals surface area contributed by atoms with Gasteiger partial charge in [-0.1, -0.05) is 25.7 Å². The van der Waals surface area contributed by atoms with E-state index in [1.54, 1.807) is 14.2 Å². The van der Waals surface area contributed by atoms with E-state index in [4.69, 9.17) is 9.47 Å². The molecule has 3 rings (SSSR count). The van der Waals surface area contributed by atoms with Gasteiger partial charge in [0.1, 0.15) is 11.5 Å². The van der Waals surface area contributed by atoms with Crippen molar-refractivity contribution in [3.8, 4) is 22.8 Å². The van der Waals surface area contributed by atoms with Crippen LogP contribution >= 0.6 is 0 Å².